The zero-order chi connectivity index (χ0) is 11.5. The minimum absolute atomic E-state index is 0.226. The second kappa shape index (κ2) is 4.65. The summed E-state index contributed by atoms with van der Waals surface area (Å²) in [7, 11) is 1.62. The van der Waals surface area contributed by atoms with Gasteiger partial charge in [0.2, 0.25) is 11.8 Å². The molecule has 1 aliphatic heterocycles. The summed E-state index contributed by atoms with van der Waals surface area (Å²) in [4.78, 5) is 10.9. The van der Waals surface area contributed by atoms with Crippen LogP contribution in [0.3, 0.4) is 0 Å². The van der Waals surface area contributed by atoms with E-state index in [1.807, 2.05) is 13.0 Å². The lowest BCUT2D eigenvalue weighted by Crippen LogP contribution is -2.43. The van der Waals surface area contributed by atoms with Gasteiger partial charge in [0.1, 0.15) is 0 Å². The number of piperidine rings is 1. The third-order valence-corrected chi connectivity index (χ3v) is 2.77. The molecule has 1 aromatic heterocycles. The smallest absolute Gasteiger partial charge is 0.228 e. The summed E-state index contributed by atoms with van der Waals surface area (Å²) in [5.74, 6) is 1.34. The lowest BCUT2D eigenvalue weighted by molar-refractivity contribution is 0.395. The first-order valence-corrected chi connectivity index (χ1v) is 5.59. The molecule has 0 aliphatic carbocycles. The molecule has 1 aliphatic rings. The predicted octanol–water partition coefficient (Wildman–Crippen LogP) is 0.721. The highest BCUT2D eigenvalue weighted by Gasteiger charge is 2.19. The van der Waals surface area contributed by atoms with E-state index in [1.165, 1.54) is 0 Å². The van der Waals surface area contributed by atoms with Crippen LogP contribution in [0.4, 0.5) is 5.95 Å². The number of nitrogens with two attached hydrogens (primary N) is 1. The van der Waals surface area contributed by atoms with Gasteiger partial charge in [-0.2, -0.15) is 4.98 Å². The number of anilines is 1. The van der Waals surface area contributed by atoms with E-state index in [-0.39, 0.29) is 6.04 Å². The van der Waals surface area contributed by atoms with E-state index in [2.05, 4.69) is 14.9 Å². The van der Waals surface area contributed by atoms with Gasteiger partial charge in [-0.1, -0.05) is 0 Å². The minimum atomic E-state index is 0.226. The van der Waals surface area contributed by atoms with Crippen molar-refractivity contribution in [3.8, 4) is 5.88 Å². The van der Waals surface area contributed by atoms with Crippen molar-refractivity contribution in [3.05, 3.63) is 11.8 Å². The molecular weight excluding hydrogens is 204 g/mol. The lowest BCUT2D eigenvalue weighted by atomic mass is 10.1. The van der Waals surface area contributed by atoms with Crippen LogP contribution in [0.1, 0.15) is 18.5 Å². The van der Waals surface area contributed by atoms with Gasteiger partial charge >= 0.3 is 0 Å². The molecule has 5 nitrogen and oxygen atoms in total. The predicted molar refractivity (Wildman–Crippen MR) is 62.7 cm³/mol. The summed E-state index contributed by atoms with van der Waals surface area (Å²) in [5, 5.41) is 0. The molecule has 0 bridgehead atoms. The van der Waals surface area contributed by atoms with Crippen LogP contribution >= 0.6 is 0 Å². The molecule has 2 heterocycles. The van der Waals surface area contributed by atoms with Crippen LogP contribution in [0.15, 0.2) is 6.07 Å². The maximum Gasteiger partial charge on any atom is 0.228 e. The summed E-state index contributed by atoms with van der Waals surface area (Å²) in [5.41, 5.74) is 6.86. The van der Waals surface area contributed by atoms with Gasteiger partial charge < -0.3 is 15.4 Å². The average molecular weight is 222 g/mol. The second-order valence-corrected chi connectivity index (χ2v) is 4.20. The SMILES string of the molecule is COc1cc(C)nc(N2CCC[C@@H](N)C2)n1. The van der Waals surface area contributed by atoms with Crippen LogP contribution in [-0.2, 0) is 0 Å². The normalized spacial score (nSPS) is 20.9. The lowest BCUT2D eigenvalue weighted by Gasteiger charge is -2.30. The molecule has 0 spiro atoms. The number of hydrogen-bond acceptors (Lipinski definition) is 5. The highest BCUT2D eigenvalue weighted by atomic mass is 16.5. The van der Waals surface area contributed by atoms with Crippen molar-refractivity contribution in [2.24, 2.45) is 5.73 Å². The van der Waals surface area contributed by atoms with E-state index in [1.54, 1.807) is 7.11 Å². The summed E-state index contributed by atoms with van der Waals surface area (Å²) < 4.78 is 5.14. The zero-order valence-corrected chi connectivity index (χ0v) is 9.81. The summed E-state index contributed by atoms with van der Waals surface area (Å²) in [6.45, 7) is 3.74. The van der Waals surface area contributed by atoms with Crippen LogP contribution in [0.25, 0.3) is 0 Å². The molecule has 1 fully saturated rings. The quantitative estimate of drug-likeness (QED) is 0.798. The molecule has 1 aromatic rings. The van der Waals surface area contributed by atoms with E-state index in [4.69, 9.17) is 10.5 Å². The van der Waals surface area contributed by atoms with E-state index in [9.17, 15) is 0 Å². The van der Waals surface area contributed by atoms with Gasteiger partial charge in [0, 0.05) is 30.9 Å². The number of aromatic nitrogens is 2. The Bertz CT molecular complexity index is 369. The van der Waals surface area contributed by atoms with Crippen LogP contribution < -0.4 is 15.4 Å². The molecule has 1 saturated heterocycles. The number of hydrogen-bond donors (Lipinski definition) is 1. The van der Waals surface area contributed by atoms with Crippen molar-refractivity contribution in [1.82, 2.24) is 9.97 Å². The Morgan fingerprint density at radius 2 is 2.31 bits per heavy atom. The molecule has 5 heteroatoms. The fourth-order valence-electron chi connectivity index (χ4n) is 1.96. The molecule has 0 saturated carbocycles. The highest BCUT2D eigenvalue weighted by Crippen LogP contribution is 2.18. The maximum atomic E-state index is 5.94. The number of nitrogens with zero attached hydrogens (tertiary/aromatic N) is 3. The third kappa shape index (κ3) is 2.41. The molecule has 88 valence electrons. The number of methoxy groups -OCH3 is 1. The monoisotopic (exact) mass is 222 g/mol. The van der Waals surface area contributed by atoms with Gasteiger partial charge in [-0.3, -0.25) is 0 Å². The van der Waals surface area contributed by atoms with Gasteiger partial charge in [-0.05, 0) is 19.8 Å². The third-order valence-electron chi connectivity index (χ3n) is 2.77. The number of aryl methyl sites for hydroxylation is 1. The highest BCUT2D eigenvalue weighted by molar-refractivity contribution is 5.35. The zero-order valence-electron chi connectivity index (χ0n) is 9.81. The first kappa shape index (κ1) is 11.1. The Morgan fingerprint density at radius 1 is 1.50 bits per heavy atom. The molecule has 0 amide bonds. The van der Waals surface area contributed by atoms with E-state index in [0.29, 0.717) is 5.88 Å². The first-order chi connectivity index (χ1) is 7.69. The average Bonchev–Trinajstić information content (AvgIpc) is 2.28. The van der Waals surface area contributed by atoms with Crippen LogP contribution in [0.2, 0.25) is 0 Å². The van der Waals surface area contributed by atoms with Gasteiger partial charge in [-0.25, -0.2) is 4.98 Å². The van der Waals surface area contributed by atoms with Crippen molar-refractivity contribution < 1.29 is 4.74 Å². The molecular formula is C11H18N4O. The largest absolute Gasteiger partial charge is 0.481 e. The fourth-order valence-corrected chi connectivity index (χ4v) is 1.96. The Labute approximate surface area is 95.6 Å². The van der Waals surface area contributed by atoms with Gasteiger partial charge in [-0.15, -0.1) is 0 Å². The molecule has 16 heavy (non-hydrogen) atoms. The Kier molecular flexibility index (Phi) is 3.24. The topological polar surface area (TPSA) is 64.3 Å². The van der Waals surface area contributed by atoms with Crippen LogP contribution in [0.5, 0.6) is 5.88 Å². The van der Waals surface area contributed by atoms with E-state index >= 15 is 0 Å². The van der Waals surface area contributed by atoms with E-state index < -0.39 is 0 Å². The van der Waals surface area contributed by atoms with Crippen molar-refractivity contribution in [2.45, 2.75) is 25.8 Å². The Morgan fingerprint density at radius 3 is 3.00 bits per heavy atom. The van der Waals surface area contributed by atoms with Crippen molar-refractivity contribution in [2.75, 3.05) is 25.1 Å². The van der Waals surface area contributed by atoms with Gasteiger partial charge in [0.05, 0.1) is 7.11 Å². The first-order valence-electron chi connectivity index (χ1n) is 5.59. The van der Waals surface area contributed by atoms with Crippen LogP contribution in [-0.4, -0.2) is 36.2 Å². The summed E-state index contributed by atoms with van der Waals surface area (Å²) in [6, 6.07) is 2.05. The number of ether oxygens (including phenoxy) is 1. The minimum Gasteiger partial charge on any atom is -0.481 e. The molecule has 0 unspecified atom stereocenters. The standard InChI is InChI=1S/C11H18N4O/c1-8-6-10(16-2)14-11(13-8)15-5-3-4-9(12)7-15/h6,9H,3-5,7,12H2,1-2H3/t9-/m1/s1. The van der Waals surface area contributed by atoms with Crippen molar-refractivity contribution in [1.29, 1.82) is 0 Å². The summed E-state index contributed by atoms with van der Waals surface area (Å²) in [6.07, 6.45) is 2.18. The van der Waals surface area contributed by atoms with Gasteiger partial charge in [0.25, 0.3) is 0 Å². The van der Waals surface area contributed by atoms with E-state index in [0.717, 1.165) is 37.6 Å². The molecule has 1 atom stereocenters. The van der Waals surface area contributed by atoms with Crippen LogP contribution in [0, 0.1) is 6.92 Å². The van der Waals surface area contributed by atoms with Crippen molar-refractivity contribution >= 4 is 5.95 Å². The Balaban J connectivity index is 2.21. The summed E-state index contributed by atoms with van der Waals surface area (Å²) >= 11 is 0. The Hall–Kier alpha value is -1.36. The second-order valence-electron chi connectivity index (χ2n) is 4.20. The molecule has 2 N–H and O–H groups in total. The fraction of sp³-hybridized carbons (Fsp3) is 0.636. The molecule has 0 aromatic carbocycles. The molecule has 0 radical (unpaired) electrons. The van der Waals surface area contributed by atoms with Gasteiger partial charge in [0.15, 0.2) is 0 Å². The maximum absolute atomic E-state index is 5.94. The van der Waals surface area contributed by atoms with Crippen molar-refractivity contribution in [3.63, 3.8) is 0 Å². The molecule has 2 rings (SSSR count). The number of rotatable bonds is 2.